The van der Waals surface area contributed by atoms with E-state index in [0.29, 0.717) is 23.5 Å². The number of carbonyl (C=O) groups is 1. The predicted molar refractivity (Wildman–Crippen MR) is 98.9 cm³/mol. The summed E-state index contributed by atoms with van der Waals surface area (Å²) in [4.78, 5) is 23.0. The highest BCUT2D eigenvalue weighted by molar-refractivity contribution is 6.02. The molecule has 0 aromatic carbocycles. The fourth-order valence-corrected chi connectivity index (χ4v) is 3.37. The summed E-state index contributed by atoms with van der Waals surface area (Å²) in [5.74, 6) is -0.374. The maximum absolute atomic E-state index is 12.0. The van der Waals surface area contributed by atoms with Crippen LogP contribution in [0.1, 0.15) is 21.9 Å². The molecular weight excluding hydrogens is 346 g/mol. The summed E-state index contributed by atoms with van der Waals surface area (Å²) in [6.45, 7) is 6.02. The molecule has 0 unspecified atom stereocenters. The van der Waals surface area contributed by atoms with Gasteiger partial charge in [0, 0.05) is 55.3 Å². The molecule has 0 amide bonds. The molecule has 0 radical (unpaired) electrons. The first-order valence-electron chi connectivity index (χ1n) is 8.96. The summed E-state index contributed by atoms with van der Waals surface area (Å²) < 4.78 is 6.99. The van der Waals surface area contributed by atoms with Gasteiger partial charge in [-0.2, -0.15) is 5.10 Å². The zero-order valence-corrected chi connectivity index (χ0v) is 15.1. The van der Waals surface area contributed by atoms with Gasteiger partial charge in [0.1, 0.15) is 5.56 Å². The van der Waals surface area contributed by atoms with Crippen molar-refractivity contribution in [3.05, 3.63) is 47.7 Å². The van der Waals surface area contributed by atoms with Crippen molar-refractivity contribution in [3.63, 3.8) is 0 Å². The predicted octanol–water partition coefficient (Wildman–Crippen LogP) is 1.67. The highest BCUT2D eigenvalue weighted by Gasteiger charge is 2.21. The lowest BCUT2D eigenvalue weighted by Crippen LogP contribution is -2.37. The number of fused-ring (bicyclic) bond motifs is 1. The smallest absolute Gasteiger partial charge is 0.340 e. The van der Waals surface area contributed by atoms with Crippen molar-refractivity contribution in [2.75, 3.05) is 32.8 Å². The third-order valence-electron chi connectivity index (χ3n) is 4.77. The van der Waals surface area contributed by atoms with E-state index in [0.717, 1.165) is 44.1 Å². The molecule has 8 nitrogen and oxygen atoms in total. The lowest BCUT2D eigenvalue weighted by molar-refractivity contribution is 0.0382. The van der Waals surface area contributed by atoms with E-state index in [9.17, 15) is 9.90 Å². The molecule has 1 aliphatic heterocycles. The molecule has 1 N–H and O–H groups in total. The number of hydrogen-bond donors (Lipinski definition) is 1. The SMILES string of the molecule is Cc1cc(-c2cccnc2)c(C(=O)O)c2nc(CCN3CCOCC3)nn12. The van der Waals surface area contributed by atoms with Crippen LogP contribution in [-0.2, 0) is 11.2 Å². The van der Waals surface area contributed by atoms with E-state index >= 15 is 0 Å². The van der Waals surface area contributed by atoms with E-state index in [-0.39, 0.29) is 5.56 Å². The Balaban J connectivity index is 1.72. The highest BCUT2D eigenvalue weighted by atomic mass is 16.5. The molecule has 8 heteroatoms. The summed E-state index contributed by atoms with van der Waals surface area (Å²) in [5.41, 5.74) is 2.71. The monoisotopic (exact) mass is 367 g/mol. The van der Waals surface area contributed by atoms with Crippen LogP contribution in [0.15, 0.2) is 30.6 Å². The van der Waals surface area contributed by atoms with Gasteiger partial charge in [-0.05, 0) is 19.1 Å². The zero-order valence-electron chi connectivity index (χ0n) is 15.1. The Labute approximate surface area is 156 Å². The summed E-state index contributed by atoms with van der Waals surface area (Å²) in [7, 11) is 0. The Hall–Kier alpha value is -2.84. The quantitative estimate of drug-likeness (QED) is 0.733. The first-order valence-corrected chi connectivity index (χ1v) is 8.96. The molecule has 3 aromatic heterocycles. The minimum Gasteiger partial charge on any atom is -0.478 e. The van der Waals surface area contributed by atoms with Crippen molar-refractivity contribution >= 4 is 11.6 Å². The third-order valence-corrected chi connectivity index (χ3v) is 4.77. The summed E-state index contributed by atoms with van der Waals surface area (Å²) >= 11 is 0. The number of aromatic carboxylic acids is 1. The Morgan fingerprint density at radius 3 is 2.85 bits per heavy atom. The molecule has 1 saturated heterocycles. The Morgan fingerprint density at radius 1 is 1.33 bits per heavy atom. The minimum atomic E-state index is -1.02. The molecule has 0 saturated carbocycles. The number of morpholine rings is 1. The first kappa shape index (κ1) is 17.6. The average Bonchev–Trinajstić information content (AvgIpc) is 3.12. The van der Waals surface area contributed by atoms with Crippen molar-refractivity contribution in [1.29, 1.82) is 0 Å². The Morgan fingerprint density at radius 2 is 2.15 bits per heavy atom. The van der Waals surface area contributed by atoms with Gasteiger partial charge in [0.2, 0.25) is 0 Å². The van der Waals surface area contributed by atoms with Gasteiger partial charge < -0.3 is 9.84 Å². The van der Waals surface area contributed by atoms with Crippen LogP contribution in [-0.4, -0.2) is 68.4 Å². The molecule has 0 atom stereocenters. The molecule has 0 aliphatic carbocycles. The summed E-state index contributed by atoms with van der Waals surface area (Å²) in [6.07, 6.45) is 3.99. The third kappa shape index (κ3) is 3.54. The second kappa shape index (κ2) is 7.42. The van der Waals surface area contributed by atoms with Gasteiger partial charge >= 0.3 is 5.97 Å². The molecule has 1 fully saturated rings. The van der Waals surface area contributed by atoms with Crippen molar-refractivity contribution in [1.82, 2.24) is 24.5 Å². The van der Waals surface area contributed by atoms with Crippen LogP contribution in [0.4, 0.5) is 0 Å². The number of pyridine rings is 2. The minimum absolute atomic E-state index is 0.152. The van der Waals surface area contributed by atoms with Gasteiger partial charge in [0.05, 0.1) is 13.2 Å². The van der Waals surface area contributed by atoms with Crippen molar-refractivity contribution in [2.24, 2.45) is 0 Å². The summed E-state index contributed by atoms with van der Waals surface area (Å²) in [5, 5.41) is 14.4. The number of ether oxygens (including phenoxy) is 1. The van der Waals surface area contributed by atoms with Crippen molar-refractivity contribution in [2.45, 2.75) is 13.3 Å². The van der Waals surface area contributed by atoms with Crippen LogP contribution in [0.25, 0.3) is 16.8 Å². The van der Waals surface area contributed by atoms with E-state index in [1.165, 1.54) is 0 Å². The molecule has 4 heterocycles. The Bertz CT molecular complexity index is 964. The second-order valence-corrected chi connectivity index (χ2v) is 6.59. The number of carboxylic acids is 1. The van der Waals surface area contributed by atoms with Crippen LogP contribution in [0.5, 0.6) is 0 Å². The molecule has 27 heavy (non-hydrogen) atoms. The van der Waals surface area contributed by atoms with Crippen LogP contribution in [0, 0.1) is 6.92 Å². The maximum atomic E-state index is 12.0. The number of rotatable bonds is 5. The van der Waals surface area contributed by atoms with E-state index in [1.54, 1.807) is 23.0 Å². The lowest BCUT2D eigenvalue weighted by atomic mass is 10.0. The fraction of sp³-hybridized carbons (Fsp3) is 0.368. The van der Waals surface area contributed by atoms with Gasteiger partial charge in [-0.1, -0.05) is 6.07 Å². The second-order valence-electron chi connectivity index (χ2n) is 6.59. The largest absolute Gasteiger partial charge is 0.478 e. The van der Waals surface area contributed by atoms with Gasteiger partial charge in [0.25, 0.3) is 0 Å². The standard InChI is InChI=1S/C19H21N5O3/c1-13-11-15(14-3-2-5-20-12-14)17(19(25)26)18-21-16(22-24(13)18)4-6-23-7-9-27-10-8-23/h2-3,5,11-12H,4,6-10H2,1H3,(H,25,26). The maximum Gasteiger partial charge on any atom is 0.340 e. The number of aryl methyl sites for hydroxylation is 1. The lowest BCUT2D eigenvalue weighted by Gasteiger charge is -2.25. The molecule has 1 aliphatic rings. The van der Waals surface area contributed by atoms with Crippen LogP contribution < -0.4 is 0 Å². The normalized spacial score (nSPS) is 15.3. The van der Waals surface area contributed by atoms with Gasteiger partial charge in [-0.15, -0.1) is 0 Å². The van der Waals surface area contributed by atoms with E-state index in [1.807, 2.05) is 19.1 Å². The van der Waals surface area contributed by atoms with Gasteiger partial charge in [0.15, 0.2) is 11.5 Å². The van der Waals surface area contributed by atoms with Crippen molar-refractivity contribution < 1.29 is 14.6 Å². The van der Waals surface area contributed by atoms with Crippen LogP contribution >= 0.6 is 0 Å². The topological polar surface area (TPSA) is 92.8 Å². The molecule has 0 spiro atoms. The molecular formula is C19H21N5O3. The molecule has 3 aromatic rings. The van der Waals surface area contributed by atoms with E-state index < -0.39 is 5.97 Å². The molecule has 4 rings (SSSR count). The van der Waals surface area contributed by atoms with E-state index in [4.69, 9.17) is 4.74 Å². The average molecular weight is 367 g/mol. The zero-order chi connectivity index (χ0) is 18.8. The first-order chi connectivity index (χ1) is 13.1. The molecule has 140 valence electrons. The van der Waals surface area contributed by atoms with Gasteiger partial charge in [-0.3, -0.25) is 9.88 Å². The van der Waals surface area contributed by atoms with Crippen molar-refractivity contribution in [3.8, 4) is 11.1 Å². The van der Waals surface area contributed by atoms with E-state index in [2.05, 4.69) is 20.0 Å². The number of aromatic nitrogens is 4. The number of nitrogens with zero attached hydrogens (tertiary/aromatic N) is 5. The highest BCUT2D eigenvalue weighted by Crippen LogP contribution is 2.27. The number of hydrogen-bond acceptors (Lipinski definition) is 6. The van der Waals surface area contributed by atoms with Crippen LogP contribution in [0.2, 0.25) is 0 Å². The Kier molecular flexibility index (Phi) is 4.83. The number of carboxylic acid groups (broad SMARTS) is 1. The van der Waals surface area contributed by atoms with Crippen LogP contribution in [0.3, 0.4) is 0 Å². The molecule has 0 bridgehead atoms. The fourth-order valence-electron chi connectivity index (χ4n) is 3.37. The summed E-state index contributed by atoms with van der Waals surface area (Å²) in [6, 6.07) is 5.46. The van der Waals surface area contributed by atoms with Gasteiger partial charge in [-0.25, -0.2) is 14.3 Å².